The standard InChI is InChI=1S/C22H22N2O3/c1-14-3-2-4-17-18(12-23-21(14)17)15-7-9-24(10-8-15)22(25)16-5-6-19-20(11-16)27-13-26-19/h2-6,11-12,15,23H,7-10,13H2,1H3. The van der Waals surface area contributed by atoms with Crippen molar-refractivity contribution >= 4 is 16.8 Å². The Bertz CT molecular complexity index is 1020. The van der Waals surface area contributed by atoms with Crippen LogP contribution in [0.4, 0.5) is 0 Å². The van der Waals surface area contributed by atoms with Crippen molar-refractivity contribution in [3.8, 4) is 11.5 Å². The molecule has 1 aromatic heterocycles. The number of nitrogens with zero attached hydrogens (tertiary/aromatic N) is 1. The summed E-state index contributed by atoms with van der Waals surface area (Å²) in [5.74, 6) is 1.92. The van der Waals surface area contributed by atoms with Gasteiger partial charge in [-0.3, -0.25) is 4.79 Å². The number of carbonyl (C=O) groups is 1. The van der Waals surface area contributed by atoms with Crippen LogP contribution >= 0.6 is 0 Å². The Kier molecular flexibility index (Phi) is 3.81. The Morgan fingerprint density at radius 2 is 1.93 bits per heavy atom. The number of ether oxygens (including phenoxy) is 2. The van der Waals surface area contributed by atoms with Gasteiger partial charge in [-0.05, 0) is 55.0 Å². The number of piperidine rings is 1. The number of hydrogen-bond acceptors (Lipinski definition) is 3. The molecular formula is C22H22N2O3. The highest BCUT2D eigenvalue weighted by molar-refractivity contribution is 5.95. The number of nitrogens with one attached hydrogen (secondary N) is 1. The molecule has 3 heterocycles. The third kappa shape index (κ3) is 2.74. The molecule has 0 unspecified atom stereocenters. The number of amides is 1. The summed E-state index contributed by atoms with van der Waals surface area (Å²) in [5.41, 5.74) is 4.55. The largest absolute Gasteiger partial charge is 0.454 e. The summed E-state index contributed by atoms with van der Waals surface area (Å²) < 4.78 is 10.7. The third-order valence-electron chi connectivity index (χ3n) is 5.80. The maximum absolute atomic E-state index is 12.9. The lowest BCUT2D eigenvalue weighted by molar-refractivity contribution is 0.0713. The summed E-state index contributed by atoms with van der Waals surface area (Å²) in [6.45, 7) is 3.91. The molecule has 0 saturated carbocycles. The average molecular weight is 362 g/mol. The van der Waals surface area contributed by atoms with Crippen molar-refractivity contribution in [2.45, 2.75) is 25.7 Å². The van der Waals surface area contributed by atoms with E-state index in [1.54, 1.807) is 6.07 Å². The normalized spacial score (nSPS) is 16.9. The number of rotatable bonds is 2. The molecule has 2 aliphatic heterocycles. The van der Waals surface area contributed by atoms with E-state index in [0.717, 1.165) is 25.9 Å². The Labute approximate surface area is 157 Å². The first-order chi connectivity index (χ1) is 13.2. The summed E-state index contributed by atoms with van der Waals surface area (Å²) in [6.07, 6.45) is 4.12. The number of benzene rings is 2. The maximum atomic E-state index is 12.9. The molecule has 0 bridgehead atoms. The van der Waals surface area contributed by atoms with Crippen LogP contribution in [0.2, 0.25) is 0 Å². The number of aromatic amines is 1. The maximum Gasteiger partial charge on any atom is 0.253 e. The summed E-state index contributed by atoms with van der Waals surface area (Å²) in [7, 11) is 0. The topological polar surface area (TPSA) is 54.6 Å². The Balaban J connectivity index is 1.31. The number of aryl methyl sites for hydroxylation is 1. The second kappa shape index (κ2) is 6.34. The van der Waals surface area contributed by atoms with Gasteiger partial charge in [0.15, 0.2) is 11.5 Å². The predicted molar refractivity (Wildman–Crippen MR) is 103 cm³/mol. The zero-order valence-corrected chi connectivity index (χ0v) is 15.3. The molecule has 3 aromatic rings. The molecule has 5 nitrogen and oxygen atoms in total. The fourth-order valence-corrected chi connectivity index (χ4v) is 4.27. The number of fused-ring (bicyclic) bond motifs is 2. The van der Waals surface area contributed by atoms with Crippen LogP contribution in [0.3, 0.4) is 0 Å². The van der Waals surface area contributed by atoms with E-state index in [2.05, 4.69) is 36.3 Å². The molecule has 1 N–H and O–H groups in total. The van der Waals surface area contributed by atoms with Crippen LogP contribution < -0.4 is 9.47 Å². The SMILES string of the molecule is Cc1cccc2c(C3CCN(C(=O)c4ccc5c(c4)OCO5)CC3)c[nH]c12. The first-order valence-corrected chi connectivity index (χ1v) is 9.46. The van der Waals surface area contributed by atoms with E-state index in [9.17, 15) is 4.79 Å². The molecule has 27 heavy (non-hydrogen) atoms. The highest BCUT2D eigenvalue weighted by Crippen LogP contribution is 2.36. The van der Waals surface area contributed by atoms with Crippen molar-refractivity contribution in [2.24, 2.45) is 0 Å². The molecule has 5 heteroatoms. The highest BCUT2D eigenvalue weighted by Gasteiger charge is 2.27. The molecule has 0 radical (unpaired) electrons. The van der Waals surface area contributed by atoms with Gasteiger partial charge in [0.25, 0.3) is 5.91 Å². The van der Waals surface area contributed by atoms with Crippen LogP contribution in [-0.4, -0.2) is 35.7 Å². The van der Waals surface area contributed by atoms with E-state index >= 15 is 0 Å². The lowest BCUT2D eigenvalue weighted by Crippen LogP contribution is -2.37. The van der Waals surface area contributed by atoms with Gasteiger partial charge < -0.3 is 19.4 Å². The van der Waals surface area contributed by atoms with Crippen LogP contribution in [-0.2, 0) is 0 Å². The van der Waals surface area contributed by atoms with E-state index in [1.165, 1.54) is 22.0 Å². The second-order valence-corrected chi connectivity index (χ2v) is 7.38. The van der Waals surface area contributed by atoms with Gasteiger partial charge in [0.1, 0.15) is 0 Å². The van der Waals surface area contributed by atoms with Gasteiger partial charge in [-0.25, -0.2) is 0 Å². The quantitative estimate of drug-likeness (QED) is 0.742. The van der Waals surface area contributed by atoms with Gasteiger partial charge >= 0.3 is 0 Å². The number of aromatic nitrogens is 1. The van der Waals surface area contributed by atoms with Crippen LogP contribution in [0.5, 0.6) is 11.5 Å². The molecule has 0 aliphatic carbocycles. The van der Waals surface area contributed by atoms with Crippen LogP contribution in [0, 0.1) is 6.92 Å². The second-order valence-electron chi connectivity index (χ2n) is 7.38. The lowest BCUT2D eigenvalue weighted by Gasteiger charge is -2.32. The van der Waals surface area contributed by atoms with Crippen LogP contribution in [0.15, 0.2) is 42.6 Å². The first-order valence-electron chi connectivity index (χ1n) is 9.46. The van der Waals surface area contributed by atoms with Crippen LogP contribution in [0.25, 0.3) is 10.9 Å². The van der Waals surface area contributed by atoms with Gasteiger partial charge in [0, 0.05) is 35.8 Å². The minimum atomic E-state index is 0.0709. The summed E-state index contributed by atoms with van der Waals surface area (Å²) in [6, 6.07) is 11.9. The van der Waals surface area contributed by atoms with Gasteiger partial charge in [-0.2, -0.15) is 0 Å². The van der Waals surface area contributed by atoms with Gasteiger partial charge in [-0.1, -0.05) is 18.2 Å². The number of para-hydroxylation sites is 1. The van der Waals surface area contributed by atoms with E-state index in [4.69, 9.17) is 9.47 Å². The molecule has 2 aliphatic rings. The Hall–Kier alpha value is -2.95. The smallest absolute Gasteiger partial charge is 0.253 e. The van der Waals surface area contributed by atoms with Gasteiger partial charge in [0.05, 0.1) is 0 Å². The fourth-order valence-electron chi connectivity index (χ4n) is 4.27. The number of likely N-dealkylation sites (tertiary alicyclic amines) is 1. The van der Waals surface area contributed by atoms with E-state index in [-0.39, 0.29) is 12.7 Å². The molecule has 1 amide bonds. The molecule has 2 aromatic carbocycles. The van der Waals surface area contributed by atoms with Crippen molar-refractivity contribution in [3.63, 3.8) is 0 Å². The molecule has 1 saturated heterocycles. The minimum Gasteiger partial charge on any atom is -0.454 e. The fraction of sp³-hybridized carbons (Fsp3) is 0.318. The summed E-state index contributed by atoms with van der Waals surface area (Å²) in [4.78, 5) is 18.3. The zero-order valence-electron chi connectivity index (χ0n) is 15.3. The van der Waals surface area contributed by atoms with Crippen LogP contribution in [0.1, 0.15) is 40.2 Å². The van der Waals surface area contributed by atoms with Crippen molar-refractivity contribution in [1.29, 1.82) is 0 Å². The van der Waals surface area contributed by atoms with Gasteiger partial charge in [-0.15, -0.1) is 0 Å². The van der Waals surface area contributed by atoms with Crippen molar-refractivity contribution in [2.75, 3.05) is 19.9 Å². The molecule has 0 atom stereocenters. The van der Waals surface area contributed by atoms with E-state index in [1.807, 2.05) is 17.0 Å². The molecule has 1 fully saturated rings. The van der Waals surface area contributed by atoms with Gasteiger partial charge in [0.2, 0.25) is 6.79 Å². The van der Waals surface area contributed by atoms with Crippen molar-refractivity contribution < 1.29 is 14.3 Å². The molecule has 138 valence electrons. The third-order valence-corrected chi connectivity index (χ3v) is 5.80. The van der Waals surface area contributed by atoms with Crippen molar-refractivity contribution in [1.82, 2.24) is 9.88 Å². The minimum absolute atomic E-state index is 0.0709. The molecule has 0 spiro atoms. The number of H-pyrrole nitrogens is 1. The summed E-state index contributed by atoms with van der Waals surface area (Å²) in [5, 5.41) is 1.32. The van der Waals surface area contributed by atoms with Crippen molar-refractivity contribution in [3.05, 3.63) is 59.3 Å². The lowest BCUT2D eigenvalue weighted by atomic mass is 9.88. The monoisotopic (exact) mass is 362 g/mol. The van der Waals surface area contributed by atoms with E-state index < -0.39 is 0 Å². The number of hydrogen-bond donors (Lipinski definition) is 1. The first kappa shape index (κ1) is 16.2. The molecular weight excluding hydrogens is 340 g/mol. The zero-order chi connectivity index (χ0) is 18.4. The Morgan fingerprint density at radius 3 is 2.78 bits per heavy atom. The highest BCUT2D eigenvalue weighted by atomic mass is 16.7. The molecule has 5 rings (SSSR count). The number of carbonyl (C=O) groups excluding carboxylic acids is 1. The van der Waals surface area contributed by atoms with E-state index in [0.29, 0.717) is 23.0 Å². The average Bonchev–Trinajstić information content (AvgIpc) is 3.34. The Morgan fingerprint density at radius 1 is 1.11 bits per heavy atom. The predicted octanol–water partition coefficient (Wildman–Crippen LogP) is 4.22. The summed E-state index contributed by atoms with van der Waals surface area (Å²) >= 11 is 0.